The highest BCUT2D eigenvalue weighted by molar-refractivity contribution is 7.92. The van der Waals surface area contributed by atoms with E-state index >= 15 is 0 Å². The summed E-state index contributed by atoms with van der Waals surface area (Å²) in [5.41, 5.74) is 3.24. The van der Waals surface area contributed by atoms with E-state index in [0.29, 0.717) is 39.7 Å². The fraction of sp³-hybridized carbons (Fsp3) is 0.148. The van der Waals surface area contributed by atoms with E-state index in [-0.39, 0.29) is 28.3 Å². The Morgan fingerprint density at radius 3 is 2.58 bits per heavy atom. The molecule has 2 N–H and O–H groups in total. The van der Waals surface area contributed by atoms with Gasteiger partial charge in [0.15, 0.2) is 0 Å². The van der Waals surface area contributed by atoms with Crippen LogP contribution in [0, 0.1) is 13.8 Å². The van der Waals surface area contributed by atoms with Crippen LogP contribution >= 0.6 is 11.6 Å². The molecule has 0 bridgehead atoms. The van der Waals surface area contributed by atoms with Crippen molar-refractivity contribution in [2.75, 3.05) is 16.2 Å². The smallest absolute Gasteiger partial charge is 0.337 e. The molecule has 0 spiro atoms. The Kier molecular flexibility index (Phi) is 6.46. The zero-order valence-electron chi connectivity index (χ0n) is 20.4. The highest BCUT2D eigenvalue weighted by atomic mass is 35.5. The topological polar surface area (TPSA) is 130 Å². The monoisotopic (exact) mass is 551 g/mol. The van der Waals surface area contributed by atoms with Crippen LogP contribution in [0.2, 0.25) is 5.02 Å². The van der Waals surface area contributed by atoms with Crippen LogP contribution in [0.15, 0.2) is 70.1 Å². The van der Waals surface area contributed by atoms with Crippen molar-refractivity contribution in [2.45, 2.75) is 25.2 Å². The van der Waals surface area contributed by atoms with E-state index in [1.165, 1.54) is 40.7 Å². The summed E-state index contributed by atoms with van der Waals surface area (Å²) >= 11 is 6.05. The number of carbonyl (C=O) groups is 2. The number of aromatic carboxylic acids is 1. The molecule has 0 unspecified atom stereocenters. The lowest BCUT2D eigenvalue weighted by Crippen LogP contribution is -2.29. The number of sulfonamides is 1. The maximum atomic E-state index is 13.4. The molecule has 3 aromatic carbocycles. The second kappa shape index (κ2) is 9.62. The lowest BCUT2D eigenvalue weighted by Gasteiger charge is -2.20. The van der Waals surface area contributed by atoms with Crippen LogP contribution in [0.1, 0.15) is 37.7 Å². The molecule has 194 valence electrons. The number of anilines is 2. The largest absolute Gasteiger partial charge is 0.478 e. The van der Waals surface area contributed by atoms with E-state index in [0.717, 1.165) is 5.56 Å². The molecule has 2 heterocycles. The number of halogens is 1. The van der Waals surface area contributed by atoms with Gasteiger partial charge in [0.05, 0.1) is 27.5 Å². The Morgan fingerprint density at radius 2 is 1.87 bits per heavy atom. The van der Waals surface area contributed by atoms with Gasteiger partial charge in [0.25, 0.3) is 15.9 Å². The Balaban J connectivity index is 1.43. The maximum Gasteiger partial charge on any atom is 0.337 e. The van der Waals surface area contributed by atoms with Crippen molar-refractivity contribution in [3.8, 4) is 11.1 Å². The number of fused-ring (bicyclic) bond motifs is 1. The first-order valence-corrected chi connectivity index (χ1v) is 13.4. The van der Waals surface area contributed by atoms with Crippen molar-refractivity contribution in [3.05, 3.63) is 93.8 Å². The molecule has 0 saturated heterocycles. The average Bonchev–Trinajstić information content (AvgIpc) is 3.46. The highest BCUT2D eigenvalue weighted by Crippen LogP contribution is 2.35. The fourth-order valence-corrected chi connectivity index (χ4v) is 6.33. The number of carbonyl (C=O) groups excluding carboxylic acids is 1. The van der Waals surface area contributed by atoms with Crippen LogP contribution in [0.3, 0.4) is 0 Å². The number of benzene rings is 3. The zero-order valence-corrected chi connectivity index (χ0v) is 21.9. The molecule has 38 heavy (non-hydrogen) atoms. The van der Waals surface area contributed by atoms with Gasteiger partial charge in [-0.05, 0) is 79.9 Å². The van der Waals surface area contributed by atoms with Crippen molar-refractivity contribution in [3.63, 3.8) is 0 Å². The van der Waals surface area contributed by atoms with E-state index in [9.17, 15) is 23.1 Å². The van der Waals surface area contributed by atoms with Crippen LogP contribution in [0.4, 0.5) is 11.4 Å². The Hall–Kier alpha value is -4.15. The van der Waals surface area contributed by atoms with Crippen molar-refractivity contribution in [2.24, 2.45) is 0 Å². The van der Waals surface area contributed by atoms with Gasteiger partial charge in [0.2, 0.25) is 0 Å². The Labute approximate surface area is 223 Å². The molecular formula is C27H22ClN3O6S. The molecule has 0 radical (unpaired) electrons. The number of amides is 1. The second-order valence-electron chi connectivity index (χ2n) is 8.85. The van der Waals surface area contributed by atoms with Gasteiger partial charge in [-0.25, -0.2) is 13.2 Å². The van der Waals surface area contributed by atoms with Crippen LogP contribution in [-0.4, -0.2) is 37.1 Å². The first-order chi connectivity index (χ1) is 18.1. The van der Waals surface area contributed by atoms with Crippen molar-refractivity contribution >= 4 is 44.9 Å². The number of rotatable bonds is 6. The minimum atomic E-state index is -3.95. The number of carboxylic acid groups (broad SMARTS) is 1. The first-order valence-electron chi connectivity index (χ1n) is 11.6. The number of aryl methyl sites for hydroxylation is 2. The first kappa shape index (κ1) is 25.5. The molecule has 0 atom stereocenters. The number of carboxylic acids is 1. The van der Waals surface area contributed by atoms with Gasteiger partial charge in [-0.15, -0.1) is 0 Å². The molecular weight excluding hydrogens is 530 g/mol. The van der Waals surface area contributed by atoms with Gasteiger partial charge in [-0.3, -0.25) is 9.10 Å². The molecule has 0 fully saturated rings. The van der Waals surface area contributed by atoms with Crippen molar-refractivity contribution < 1.29 is 27.6 Å². The summed E-state index contributed by atoms with van der Waals surface area (Å²) in [5.74, 6) is -1.35. The molecule has 1 amide bonds. The van der Waals surface area contributed by atoms with Crippen LogP contribution in [0.25, 0.3) is 11.1 Å². The van der Waals surface area contributed by atoms with Gasteiger partial charge in [0.1, 0.15) is 5.76 Å². The Morgan fingerprint density at radius 1 is 1.08 bits per heavy atom. The third kappa shape index (κ3) is 4.52. The number of nitrogens with one attached hydrogen (secondary N) is 1. The van der Waals surface area contributed by atoms with Crippen LogP contribution in [0.5, 0.6) is 0 Å². The quantitative estimate of drug-likeness (QED) is 0.332. The summed E-state index contributed by atoms with van der Waals surface area (Å²) in [4.78, 5) is 25.0. The summed E-state index contributed by atoms with van der Waals surface area (Å²) in [7, 11) is -3.95. The molecule has 5 rings (SSSR count). The number of nitrogens with zero attached hydrogens (tertiary/aromatic N) is 2. The standard InChI is InChI=1S/C27H22ClN3O6S/c1-15-25(16(2)37-30-15)18-6-8-23(22(14-18)27(33)34)29-26(32)19-4-3-5-21(13-19)38(35,36)31-11-10-17-12-20(28)7-9-24(17)31/h3-9,12-14H,10-11H2,1-2H3,(H,29,32)(H,33,34). The zero-order chi connectivity index (χ0) is 27.2. The molecule has 1 aliphatic heterocycles. The van der Waals surface area contributed by atoms with Gasteiger partial charge >= 0.3 is 5.97 Å². The van der Waals surface area contributed by atoms with Crippen LogP contribution < -0.4 is 9.62 Å². The fourth-order valence-electron chi connectivity index (χ4n) is 4.59. The van der Waals surface area contributed by atoms with Gasteiger partial charge in [-0.2, -0.15) is 0 Å². The molecule has 11 heteroatoms. The van der Waals surface area contributed by atoms with E-state index in [4.69, 9.17) is 16.1 Å². The summed E-state index contributed by atoms with van der Waals surface area (Å²) < 4.78 is 33.3. The molecule has 0 aliphatic carbocycles. The number of hydrogen-bond acceptors (Lipinski definition) is 6. The molecule has 4 aromatic rings. The third-order valence-corrected chi connectivity index (χ3v) is 8.44. The summed E-state index contributed by atoms with van der Waals surface area (Å²) in [6.07, 6.45) is 0.525. The predicted octanol–water partition coefficient (Wildman–Crippen LogP) is 5.31. The van der Waals surface area contributed by atoms with Gasteiger partial charge in [0, 0.05) is 22.7 Å². The van der Waals surface area contributed by atoms with E-state index in [1.807, 2.05) is 0 Å². The molecule has 1 aromatic heterocycles. The lowest BCUT2D eigenvalue weighted by atomic mass is 10.0. The summed E-state index contributed by atoms with van der Waals surface area (Å²) in [6.45, 7) is 3.73. The minimum absolute atomic E-state index is 0.0554. The predicted molar refractivity (Wildman–Crippen MR) is 142 cm³/mol. The van der Waals surface area contributed by atoms with Gasteiger partial charge in [-0.1, -0.05) is 28.9 Å². The highest BCUT2D eigenvalue weighted by Gasteiger charge is 2.31. The van der Waals surface area contributed by atoms with Crippen molar-refractivity contribution in [1.82, 2.24) is 5.16 Å². The summed E-state index contributed by atoms with van der Waals surface area (Å²) in [5, 5.41) is 16.8. The molecule has 9 nitrogen and oxygen atoms in total. The SMILES string of the molecule is Cc1noc(C)c1-c1ccc(NC(=O)c2cccc(S(=O)(=O)N3CCc4cc(Cl)ccc43)c2)c(C(=O)O)c1. The number of aromatic nitrogens is 1. The second-order valence-corrected chi connectivity index (χ2v) is 11.1. The average molecular weight is 552 g/mol. The molecule has 0 saturated carbocycles. The Bertz CT molecular complexity index is 1690. The lowest BCUT2D eigenvalue weighted by molar-refractivity contribution is 0.0698. The summed E-state index contributed by atoms with van der Waals surface area (Å²) in [6, 6.07) is 15.2. The molecule has 1 aliphatic rings. The van der Waals surface area contributed by atoms with E-state index in [1.54, 1.807) is 38.1 Å². The van der Waals surface area contributed by atoms with Crippen molar-refractivity contribution in [1.29, 1.82) is 0 Å². The van der Waals surface area contributed by atoms with Crippen LogP contribution in [-0.2, 0) is 16.4 Å². The van der Waals surface area contributed by atoms with Gasteiger partial charge < -0.3 is 14.9 Å². The number of hydrogen-bond donors (Lipinski definition) is 2. The third-order valence-electron chi connectivity index (χ3n) is 6.40. The van der Waals surface area contributed by atoms with E-state index in [2.05, 4.69) is 10.5 Å². The van der Waals surface area contributed by atoms with E-state index < -0.39 is 21.9 Å². The maximum absolute atomic E-state index is 13.4. The minimum Gasteiger partial charge on any atom is -0.478 e. The normalized spacial score (nSPS) is 12.9.